The van der Waals surface area contributed by atoms with Crippen LogP contribution in [0, 0.1) is 9.39 Å². The Hall–Kier alpha value is -1.64. The highest BCUT2D eigenvalue weighted by atomic mass is 127. The lowest BCUT2D eigenvalue weighted by molar-refractivity contribution is -0.119. The normalized spacial score (nSPS) is 12.2. The molecule has 7 heteroatoms. The van der Waals surface area contributed by atoms with Gasteiger partial charge < -0.3 is 11.1 Å². The fourth-order valence-corrected chi connectivity index (χ4v) is 1.92. The number of amides is 1. The van der Waals surface area contributed by atoms with Gasteiger partial charge in [0.2, 0.25) is 5.91 Å². The van der Waals surface area contributed by atoms with E-state index in [1.165, 1.54) is 18.2 Å². The molecular weight excluding hydrogens is 362 g/mol. The SMILES string of the molecule is CC(C(=O)Nc1ccc(F)c(N)c1)n1cc(I)cn1. The molecule has 0 fully saturated rings. The van der Waals surface area contributed by atoms with Gasteiger partial charge in [0.25, 0.3) is 0 Å². The summed E-state index contributed by atoms with van der Waals surface area (Å²) < 4.78 is 15.5. The summed E-state index contributed by atoms with van der Waals surface area (Å²) >= 11 is 2.12. The van der Waals surface area contributed by atoms with Gasteiger partial charge in [0.1, 0.15) is 11.9 Å². The number of hydrogen-bond acceptors (Lipinski definition) is 3. The van der Waals surface area contributed by atoms with Crippen LogP contribution in [0.5, 0.6) is 0 Å². The van der Waals surface area contributed by atoms with Crippen LogP contribution >= 0.6 is 22.6 Å². The van der Waals surface area contributed by atoms with Crippen molar-refractivity contribution in [3.05, 3.63) is 40.0 Å². The molecular formula is C12H12FIN4O. The molecule has 1 unspecified atom stereocenters. The summed E-state index contributed by atoms with van der Waals surface area (Å²) in [5.41, 5.74) is 5.90. The van der Waals surface area contributed by atoms with Crippen LogP contribution in [0.3, 0.4) is 0 Å². The van der Waals surface area contributed by atoms with Gasteiger partial charge in [0, 0.05) is 11.9 Å². The van der Waals surface area contributed by atoms with Crippen LogP contribution in [0.25, 0.3) is 0 Å². The summed E-state index contributed by atoms with van der Waals surface area (Å²) in [6.45, 7) is 1.73. The number of halogens is 2. The molecule has 2 aromatic rings. The van der Waals surface area contributed by atoms with E-state index in [0.29, 0.717) is 5.69 Å². The standard InChI is InChI=1S/C12H12FIN4O/c1-7(18-6-8(14)5-16-18)12(19)17-9-2-3-10(13)11(15)4-9/h2-7H,15H2,1H3,(H,17,19). The largest absolute Gasteiger partial charge is 0.396 e. The van der Waals surface area contributed by atoms with E-state index in [-0.39, 0.29) is 11.6 Å². The minimum absolute atomic E-state index is 0.000842. The molecule has 1 heterocycles. The van der Waals surface area contributed by atoms with Gasteiger partial charge in [-0.1, -0.05) is 0 Å². The number of carbonyl (C=O) groups excluding carboxylic acids is 1. The third-order valence-electron chi connectivity index (χ3n) is 2.61. The van der Waals surface area contributed by atoms with Crippen molar-refractivity contribution in [2.24, 2.45) is 0 Å². The zero-order valence-electron chi connectivity index (χ0n) is 10.1. The zero-order chi connectivity index (χ0) is 14.0. The van der Waals surface area contributed by atoms with Gasteiger partial charge in [-0.15, -0.1) is 0 Å². The number of nitrogens with one attached hydrogen (secondary N) is 1. The Balaban J connectivity index is 2.10. The highest BCUT2D eigenvalue weighted by Crippen LogP contribution is 2.18. The molecule has 0 bridgehead atoms. The molecule has 1 aromatic heterocycles. The maximum absolute atomic E-state index is 13.0. The molecule has 0 aliphatic carbocycles. The third kappa shape index (κ3) is 3.22. The molecule has 0 spiro atoms. The van der Waals surface area contributed by atoms with Crippen molar-refractivity contribution in [3.63, 3.8) is 0 Å². The minimum Gasteiger partial charge on any atom is -0.396 e. The van der Waals surface area contributed by atoms with Gasteiger partial charge in [0.15, 0.2) is 0 Å². The Kier molecular flexibility index (Phi) is 4.03. The molecule has 0 saturated carbocycles. The second-order valence-electron chi connectivity index (χ2n) is 4.04. The van der Waals surface area contributed by atoms with Crippen molar-refractivity contribution in [3.8, 4) is 0 Å². The number of anilines is 2. The second-order valence-corrected chi connectivity index (χ2v) is 5.29. The Morgan fingerprint density at radius 1 is 1.58 bits per heavy atom. The third-order valence-corrected chi connectivity index (χ3v) is 3.17. The monoisotopic (exact) mass is 374 g/mol. The Morgan fingerprint density at radius 3 is 2.89 bits per heavy atom. The smallest absolute Gasteiger partial charge is 0.248 e. The summed E-state index contributed by atoms with van der Waals surface area (Å²) in [4.78, 5) is 12.0. The van der Waals surface area contributed by atoms with Crippen LogP contribution in [-0.4, -0.2) is 15.7 Å². The number of aromatic nitrogens is 2. The van der Waals surface area contributed by atoms with Crippen LogP contribution < -0.4 is 11.1 Å². The highest BCUT2D eigenvalue weighted by Gasteiger charge is 2.16. The van der Waals surface area contributed by atoms with Gasteiger partial charge in [-0.2, -0.15) is 5.10 Å². The summed E-state index contributed by atoms with van der Waals surface area (Å²) in [6.07, 6.45) is 3.43. The topological polar surface area (TPSA) is 72.9 Å². The molecule has 3 N–H and O–H groups in total. The average molecular weight is 374 g/mol. The van der Waals surface area contributed by atoms with Crippen LogP contribution in [0.4, 0.5) is 15.8 Å². The summed E-state index contributed by atoms with van der Waals surface area (Å²) in [7, 11) is 0. The van der Waals surface area contributed by atoms with Gasteiger partial charge in [-0.25, -0.2) is 4.39 Å². The first-order valence-corrected chi connectivity index (χ1v) is 6.61. The average Bonchev–Trinajstić information content (AvgIpc) is 2.79. The lowest BCUT2D eigenvalue weighted by atomic mass is 10.2. The Morgan fingerprint density at radius 2 is 2.32 bits per heavy atom. The molecule has 100 valence electrons. The van der Waals surface area contributed by atoms with E-state index in [2.05, 4.69) is 33.0 Å². The highest BCUT2D eigenvalue weighted by molar-refractivity contribution is 14.1. The first-order chi connectivity index (χ1) is 8.97. The van der Waals surface area contributed by atoms with Gasteiger partial charge >= 0.3 is 0 Å². The van der Waals surface area contributed by atoms with Gasteiger partial charge in [-0.05, 0) is 47.7 Å². The lowest BCUT2D eigenvalue weighted by Crippen LogP contribution is -2.24. The van der Waals surface area contributed by atoms with E-state index in [1.54, 1.807) is 24.0 Å². The maximum atomic E-state index is 13.0. The molecule has 1 aromatic carbocycles. The maximum Gasteiger partial charge on any atom is 0.248 e. The Labute approximate surface area is 123 Å². The predicted octanol–water partition coefficient (Wildman–Crippen LogP) is 2.41. The van der Waals surface area contributed by atoms with E-state index >= 15 is 0 Å². The van der Waals surface area contributed by atoms with Crippen molar-refractivity contribution in [2.45, 2.75) is 13.0 Å². The van der Waals surface area contributed by atoms with Crippen LogP contribution in [0.2, 0.25) is 0 Å². The minimum atomic E-state index is -0.507. The first kappa shape index (κ1) is 13.8. The number of nitrogen functional groups attached to an aromatic ring is 1. The molecule has 5 nitrogen and oxygen atoms in total. The van der Waals surface area contributed by atoms with Crippen molar-refractivity contribution in [2.75, 3.05) is 11.1 Å². The molecule has 1 atom stereocenters. The van der Waals surface area contributed by atoms with E-state index in [9.17, 15) is 9.18 Å². The molecule has 19 heavy (non-hydrogen) atoms. The van der Waals surface area contributed by atoms with Crippen LogP contribution in [0.1, 0.15) is 13.0 Å². The molecule has 0 aliphatic rings. The number of rotatable bonds is 3. The molecule has 0 aliphatic heterocycles. The van der Waals surface area contributed by atoms with E-state index in [1.807, 2.05) is 0 Å². The fourth-order valence-electron chi connectivity index (χ4n) is 1.51. The first-order valence-electron chi connectivity index (χ1n) is 5.53. The number of hydrogen-bond donors (Lipinski definition) is 2. The lowest BCUT2D eigenvalue weighted by Gasteiger charge is -2.13. The number of carbonyl (C=O) groups is 1. The van der Waals surface area contributed by atoms with Crippen molar-refractivity contribution in [1.29, 1.82) is 0 Å². The number of benzene rings is 1. The summed E-state index contributed by atoms with van der Waals surface area (Å²) in [6, 6.07) is 3.59. The van der Waals surface area contributed by atoms with Crippen molar-refractivity contribution in [1.82, 2.24) is 9.78 Å². The molecule has 1 amide bonds. The summed E-state index contributed by atoms with van der Waals surface area (Å²) in [5, 5.41) is 6.74. The Bertz CT molecular complexity index is 614. The number of nitrogens with zero attached hydrogens (tertiary/aromatic N) is 2. The van der Waals surface area contributed by atoms with E-state index < -0.39 is 11.9 Å². The van der Waals surface area contributed by atoms with E-state index in [0.717, 1.165) is 3.57 Å². The zero-order valence-corrected chi connectivity index (χ0v) is 12.3. The molecule has 0 radical (unpaired) electrons. The second kappa shape index (κ2) is 5.55. The molecule has 0 saturated heterocycles. The fraction of sp³-hybridized carbons (Fsp3) is 0.167. The van der Waals surface area contributed by atoms with Gasteiger partial charge in [-0.3, -0.25) is 9.48 Å². The van der Waals surface area contributed by atoms with Crippen LogP contribution in [0.15, 0.2) is 30.6 Å². The summed E-state index contributed by atoms with van der Waals surface area (Å²) in [5.74, 6) is -0.752. The van der Waals surface area contributed by atoms with Crippen molar-refractivity contribution >= 4 is 39.9 Å². The predicted molar refractivity (Wildman–Crippen MR) is 79.1 cm³/mol. The molecule has 2 rings (SSSR count). The number of nitrogens with two attached hydrogens (primary N) is 1. The van der Waals surface area contributed by atoms with Crippen molar-refractivity contribution < 1.29 is 9.18 Å². The van der Waals surface area contributed by atoms with Gasteiger partial charge in [0.05, 0.1) is 15.5 Å². The van der Waals surface area contributed by atoms with E-state index in [4.69, 9.17) is 5.73 Å². The van der Waals surface area contributed by atoms with Crippen LogP contribution in [-0.2, 0) is 4.79 Å². The quantitative estimate of drug-likeness (QED) is 0.640.